The second kappa shape index (κ2) is 4.52. The van der Waals surface area contributed by atoms with Crippen molar-refractivity contribution in [2.45, 2.75) is 54.4 Å². The quantitative estimate of drug-likeness (QED) is 0.760. The Morgan fingerprint density at radius 1 is 0.812 bits per heavy atom. The van der Waals surface area contributed by atoms with E-state index in [4.69, 9.17) is 0 Å². The van der Waals surface area contributed by atoms with Gasteiger partial charge in [-0.1, -0.05) is 41.5 Å². The average Bonchev–Trinajstić information content (AvgIpc) is 2.03. The highest BCUT2D eigenvalue weighted by Crippen LogP contribution is 2.21. The van der Waals surface area contributed by atoms with Gasteiger partial charge in [-0.05, 0) is 22.8 Å². The Bertz CT molecular complexity index is 290. The highest BCUT2D eigenvalue weighted by molar-refractivity contribution is 5.07. The molecule has 90 valence electrons. The van der Waals surface area contributed by atoms with Gasteiger partial charge in [0.05, 0.1) is 0 Å². The summed E-state index contributed by atoms with van der Waals surface area (Å²) in [5.74, 6) is 0.949. The molecular formula is C14H24N2. The zero-order chi connectivity index (χ0) is 12.4. The van der Waals surface area contributed by atoms with Crippen LogP contribution in [0.1, 0.15) is 52.9 Å². The van der Waals surface area contributed by atoms with E-state index in [1.165, 1.54) is 5.56 Å². The van der Waals surface area contributed by atoms with Gasteiger partial charge in [-0.2, -0.15) is 0 Å². The molecule has 0 fully saturated rings. The largest absolute Gasteiger partial charge is 0.241 e. The normalized spacial score (nSPS) is 12.9. The van der Waals surface area contributed by atoms with Crippen LogP contribution in [0.15, 0.2) is 12.4 Å². The van der Waals surface area contributed by atoms with Crippen molar-refractivity contribution in [3.8, 4) is 0 Å². The van der Waals surface area contributed by atoms with Crippen LogP contribution in [-0.4, -0.2) is 9.97 Å². The molecule has 0 bridgehead atoms. The summed E-state index contributed by atoms with van der Waals surface area (Å²) in [5, 5.41) is 0. The van der Waals surface area contributed by atoms with Crippen molar-refractivity contribution >= 4 is 0 Å². The Morgan fingerprint density at radius 2 is 1.25 bits per heavy atom. The molecular weight excluding hydrogens is 196 g/mol. The molecule has 0 atom stereocenters. The minimum absolute atomic E-state index is 0.255. The van der Waals surface area contributed by atoms with Crippen LogP contribution in [-0.2, 0) is 12.8 Å². The molecule has 0 unspecified atom stereocenters. The van der Waals surface area contributed by atoms with E-state index in [0.717, 1.165) is 18.7 Å². The first kappa shape index (κ1) is 13.1. The molecule has 16 heavy (non-hydrogen) atoms. The lowest BCUT2D eigenvalue weighted by atomic mass is 9.89. The van der Waals surface area contributed by atoms with E-state index in [2.05, 4.69) is 51.5 Å². The molecule has 0 aliphatic carbocycles. The summed E-state index contributed by atoms with van der Waals surface area (Å²) >= 11 is 0. The number of nitrogens with zero attached hydrogens (tertiary/aromatic N) is 2. The number of rotatable bonds is 2. The van der Waals surface area contributed by atoms with Crippen LogP contribution < -0.4 is 0 Å². The Labute approximate surface area is 99.5 Å². The number of hydrogen-bond acceptors (Lipinski definition) is 2. The van der Waals surface area contributed by atoms with Crippen LogP contribution in [0.5, 0.6) is 0 Å². The van der Waals surface area contributed by atoms with Gasteiger partial charge in [0.1, 0.15) is 5.82 Å². The molecule has 0 amide bonds. The first-order valence-corrected chi connectivity index (χ1v) is 5.96. The molecule has 0 radical (unpaired) electrons. The van der Waals surface area contributed by atoms with Crippen molar-refractivity contribution < 1.29 is 0 Å². The molecule has 0 aromatic carbocycles. The van der Waals surface area contributed by atoms with Gasteiger partial charge in [0.25, 0.3) is 0 Å². The van der Waals surface area contributed by atoms with E-state index in [1.807, 2.05) is 12.4 Å². The van der Waals surface area contributed by atoms with Gasteiger partial charge >= 0.3 is 0 Å². The second-order valence-electron chi connectivity index (χ2n) is 6.98. The summed E-state index contributed by atoms with van der Waals surface area (Å²) in [4.78, 5) is 8.87. The fourth-order valence-corrected chi connectivity index (χ4v) is 1.65. The summed E-state index contributed by atoms with van der Waals surface area (Å²) in [7, 11) is 0. The molecule has 1 aromatic rings. The van der Waals surface area contributed by atoms with Crippen LogP contribution in [0.2, 0.25) is 0 Å². The predicted octanol–water partition coefficient (Wildman–Crippen LogP) is 3.65. The maximum absolute atomic E-state index is 4.44. The smallest absolute Gasteiger partial charge is 0.128 e. The Morgan fingerprint density at radius 3 is 1.62 bits per heavy atom. The maximum atomic E-state index is 4.44. The lowest BCUT2D eigenvalue weighted by Gasteiger charge is -2.19. The molecule has 0 spiro atoms. The van der Waals surface area contributed by atoms with E-state index in [-0.39, 0.29) is 5.41 Å². The van der Waals surface area contributed by atoms with E-state index in [1.54, 1.807) is 0 Å². The van der Waals surface area contributed by atoms with E-state index in [9.17, 15) is 0 Å². The van der Waals surface area contributed by atoms with Crippen molar-refractivity contribution in [3.05, 3.63) is 23.8 Å². The minimum atomic E-state index is 0.255. The predicted molar refractivity (Wildman–Crippen MR) is 68.4 cm³/mol. The van der Waals surface area contributed by atoms with Gasteiger partial charge in [0.2, 0.25) is 0 Å². The average molecular weight is 220 g/mol. The van der Waals surface area contributed by atoms with Crippen molar-refractivity contribution in [3.63, 3.8) is 0 Å². The lowest BCUT2D eigenvalue weighted by molar-refractivity contribution is 0.396. The summed E-state index contributed by atoms with van der Waals surface area (Å²) in [6.45, 7) is 13.3. The van der Waals surface area contributed by atoms with Gasteiger partial charge in [0.15, 0.2) is 0 Å². The van der Waals surface area contributed by atoms with Crippen molar-refractivity contribution in [2.75, 3.05) is 0 Å². The van der Waals surface area contributed by atoms with E-state index < -0.39 is 0 Å². The maximum Gasteiger partial charge on any atom is 0.128 e. The summed E-state index contributed by atoms with van der Waals surface area (Å²) in [6.07, 6.45) is 5.91. The Balaban J connectivity index is 2.69. The topological polar surface area (TPSA) is 25.8 Å². The number of hydrogen-bond donors (Lipinski definition) is 0. The fraction of sp³-hybridized carbons (Fsp3) is 0.714. The standard InChI is InChI=1S/C14H24N2/c1-13(2,3)7-11-9-15-12(16-10-11)8-14(4,5)6/h9-10H,7-8H2,1-6H3. The van der Waals surface area contributed by atoms with Crippen molar-refractivity contribution in [2.24, 2.45) is 10.8 Å². The second-order valence-corrected chi connectivity index (χ2v) is 6.98. The van der Waals surface area contributed by atoms with Crippen molar-refractivity contribution in [1.29, 1.82) is 0 Å². The number of aromatic nitrogens is 2. The van der Waals surface area contributed by atoms with Crippen LogP contribution in [0.4, 0.5) is 0 Å². The first-order valence-electron chi connectivity index (χ1n) is 5.96. The van der Waals surface area contributed by atoms with Gasteiger partial charge in [-0.15, -0.1) is 0 Å². The van der Waals surface area contributed by atoms with Gasteiger partial charge in [0, 0.05) is 18.8 Å². The third-order valence-electron chi connectivity index (χ3n) is 2.18. The summed E-state index contributed by atoms with van der Waals surface area (Å²) < 4.78 is 0. The monoisotopic (exact) mass is 220 g/mol. The lowest BCUT2D eigenvalue weighted by Crippen LogP contribution is -2.13. The molecule has 1 rings (SSSR count). The third kappa shape index (κ3) is 5.24. The highest BCUT2D eigenvalue weighted by Gasteiger charge is 2.14. The van der Waals surface area contributed by atoms with E-state index >= 15 is 0 Å². The Kier molecular flexibility index (Phi) is 3.72. The molecule has 2 heteroatoms. The minimum Gasteiger partial charge on any atom is -0.241 e. The zero-order valence-electron chi connectivity index (χ0n) is 11.5. The van der Waals surface area contributed by atoms with E-state index in [0.29, 0.717) is 5.41 Å². The Hall–Kier alpha value is -0.920. The van der Waals surface area contributed by atoms with Crippen LogP contribution in [0.3, 0.4) is 0 Å². The van der Waals surface area contributed by atoms with Crippen molar-refractivity contribution in [1.82, 2.24) is 9.97 Å². The molecule has 0 saturated heterocycles. The third-order valence-corrected chi connectivity index (χ3v) is 2.18. The van der Waals surface area contributed by atoms with Gasteiger partial charge in [-0.25, -0.2) is 9.97 Å². The molecule has 0 aliphatic heterocycles. The highest BCUT2D eigenvalue weighted by atomic mass is 14.9. The van der Waals surface area contributed by atoms with Gasteiger partial charge < -0.3 is 0 Å². The summed E-state index contributed by atoms with van der Waals surface area (Å²) in [6, 6.07) is 0. The molecule has 1 heterocycles. The van der Waals surface area contributed by atoms with Crippen LogP contribution >= 0.6 is 0 Å². The van der Waals surface area contributed by atoms with Crippen LogP contribution in [0, 0.1) is 10.8 Å². The summed E-state index contributed by atoms with van der Waals surface area (Å²) in [5.41, 5.74) is 1.78. The zero-order valence-corrected chi connectivity index (χ0v) is 11.5. The fourth-order valence-electron chi connectivity index (χ4n) is 1.65. The molecule has 0 saturated carbocycles. The molecule has 2 nitrogen and oxygen atoms in total. The van der Waals surface area contributed by atoms with Crippen LogP contribution in [0.25, 0.3) is 0 Å². The molecule has 0 aliphatic rings. The first-order chi connectivity index (χ1) is 7.16. The van der Waals surface area contributed by atoms with Gasteiger partial charge in [-0.3, -0.25) is 0 Å². The molecule has 0 N–H and O–H groups in total. The SMILES string of the molecule is CC(C)(C)Cc1cnc(CC(C)(C)C)nc1. The molecule has 1 aromatic heterocycles.